The van der Waals surface area contributed by atoms with Gasteiger partial charge in [-0.2, -0.15) is 0 Å². The summed E-state index contributed by atoms with van der Waals surface area (Å²) in [6, 6.07) is 4.70. The summed E-state index contributed by atoms with van der Waals surface area (Å²) in [7, 11) is 1.49. The molecule has 1 aliphatic heterocycles. The Morgan fingerprint density at radius 3 is 2.70 bits per heavy atom. The molecule has 146 valence electrons. The normalized spacial score (nSPS) is 20.2. The molecule has 1 fully saturated rings. The van der Waals surface area contributed by atoms with Crippen LogP contribution in [0.1, 0.15) is 23.3 Å². The predicted molar refractivity (Wildman–Crippen MR) is 87.5 cm³/mol. The molecule has 0 bridgehead atoms. The second-order valence-corrected chi connectivity index (χ2v) is 6.28. The van der Waals surface area contributed by atoms with E-state index in [0.717, 1.165) is 12.1 Å². The average Bonchev–Trinajstić information content (AvgIpc) is 3.15. The van der Waals surface area contributed by atoms with Crippen LogP contribution in [0.5, 0.6) is 5.75 Å². The minimum Gasteiger partial charge on any atom is -0.481 e. The highest BCUT2D eigenvalue weighted by molar-refractivity contribution is 5.98. The Balaban J connectivity index is 1.85. The summed E-state index contributed by atoms with van der Waals surface area (Å²) in [5.74, 6) is -1.87. The van der Waals surface area contributed by atoms with Crippen LogP contribution in [0.2, 0.25) is 0 Å². The van der Waals surface area contributed by atoms with Crippen molar-refractivity contribution in [3.05, 3.63) is 30.0 Å². The number of benzene rings is 1. The van der Waals surface area contributed by atoms with Gasteiger partial charge in [0.05, 0.1) is 12.5 Å². The number of carbonyl (C=O) groups is 2. The fourth-order valence-electron chi connectivity index (χ4n) is 3.26. The molecule has 1 aromatic heterocycles. The number of methoxy groups -OCH3 is 1. The van der Waals surface area contributed by atoms with Gasteiger partial charge in [0.15, 0.2) is 0 Å². The molecule has 1 aromatic carbocycles. The number of aromatic amines is 1. The number of amides is 1. The summed E-state index contributed by atoms with van der Waals surface area (Å²) in [6.45, 7) is 0.241. The third kappa shape index (κ3) is 4.33. The number of nitrogens with zero attached hydrogens (tertiary/aromatic N) is 1. The van der Waals surface area contributed by atoms with Gasteiger partial charge in [-0.05, 0) is 24.6 Å². The zero-order valence-corrected chi connectivity index (χ0v) is 14.2. The zero-order chi connectivity index (χ0) is 19.8. The number of hydrogen-bond donors (Lipinski definition) is 2. The highest BCUT2D eigenvalue weighted by Crippen LogP contribution is 2.29. The minimum atomic E-state index is -4.81. The van der Waals surface area contributed by atoms with Crippen LogP contribution < -0.4 is 4.74 Å². The Labute approximate surface area is 151 Å². The molecule has 0 saturated carbocycles. The van der Waals surface area contributed by atoms with Crippen molar-refractivity contribution in [2.24, 2.45) is 0 Å². The van der Waals surface area contributed by atoms with Crippen molar-refractivity contribution < 1.29 is 37.3 Å². The molecule has 0 aliphatic carbocycles. The molecule has 2 N–H and O–H groups in total. The van der Waals surface area contributed by atoms with E-state index in [1.54, 1.807) is 0 Å². The van der Waals surface area contributed by atoms with Crippen LogP contribution in [0.3, 0.4) is 0 Å². The van der Waals surface area contributed by atoms with Crippen molar-refractivity contribution in [3.8, 4) is 5.75 Å². The fraction of sp³-hybridized carbons (Fsp3) is 0.412. The first-order valence-electron chi connectivity index (χ1n) is 8.10. The van der Waals surface area contributed by atoms with E-state index in [-0.39, 0.29) is 24.8 Å². The quantitative estimate of drug-likeness (QED) is 0.825. The summed E-state index contributed by atoms with van der Waals surface area (Å²) < 4.78 is 46.1. The third-order valence-electron chi connectivity index (χ3n) is 4.44. The van der Waals surface area contributed by atoms with Crippen molar-refractivity contribution >= 4 is 22.8 Å². The highest BCUT2D eigenvalue weighted by Gasteiger charge is 2.37. The monoisotopic (exact) mass is 386 g/mol. The van der Waals surface area contributed by atoms with E-state index in [2.05, 4.69) is 9.72 Å². The van der Waals surface area contributed by atoms with Crippen molar-refractivity contribution in [3.63, 3.8) is 0 Å². The van der Waals surface area contributed by atoms with Gasteiger partial charge in [0.2, 0.25) is 0 Å². The maximum atomic E-state index is 12.8. The molecule has 3 rings (SSSR count). The number of fused-ring (bicyclic) bond motifs is 1. The number of rotatable bonds is 5. The van der Waals surface area contributed by atoms with Crippen LogP contribution in [0, 0.1) is 0 Å². The summed E-state index contributed by atoms with van der Waals surface area (Å²) >= 11 is 0. The maximum Gasteiger partial charge on any atom is 0.573 e. The number of H-pyrrole nitrogens is 1. The molecule has 1 amide bonds. The molecular weight excluding hydrogens is 369 g/mol. The summed E-state index contributed by atoms with van der Waals surface area (Å²) in [5, 5.41) is 9.58. The maximum absolute atomic E-state index is 12.8. The van der Waals surface area contributed by atoms with Gasteiger partial charge in [-0.25, -0.2) is 0 Å². The van der Waals surface area contributed by atoms with E-state index < -0.39 is 30.0 Å². The Bertz CT molecular complexity index is 864. The van der Waals surface area contributed by atoms with Crippen molar-refractivity contribution in [2.45, 2.75) is 31.3 Å². The van der Waals surface area contributed by atoms with E-state index in [0.29, 0.717) is 17.3 Å². The minimum absolute atomic E-state index is 0.154. The van der Waals surface area contributed by atoms with Crippen LogP contribution in [0.15, 0.2) is 24.3 Å². The number of halogens is 3. The molecule has 7 nitrogen and oxygen atoms in total. The SMILES string of the molecule is COC1CC(CC(=O)O)N(C(=O)c2cc3ccc(OC(F)(F)F)cc3[nH]2)C1. The molecular formula is C17H17F3N2O5. The first-order chi connectivity index (χ1) is 12.7. The molecule has 27 heavy (non-hydrogen) atoms. The number of ether oxygens (including phenoxy) is 2. The van der Waals surface area contributed by atoms with Crippen LogP contribution in [-0.2, 0) is 9.53 Å². The fourth-order valence-corrected chi connectivity index (χ4v) is 3.26. The van der Waals surface area contributed by atoms with Gasteiger partial charge in [0.25, 0.3) is 5.91 Å². The van der Waals surface area contributed by atoms with Gasteiger partial charge in [-0.15, -0.1) is 13.2 Å². The standard InChI is InChI=1S/C17H17F3N2O5/c1-26-12-5-10(6-15(23)24)22(8-12)16(25)14-4-9-2-3-11(7-13(9)21-14)27-17(18,19)20/h2-4,7,10,12,21H,5-6,8H2,1H3,(H,23,24). The summed E-state index contributed by atoms with van der Waals surface area (Å²) in [4.78, 5) is 28.1. The topological polar surface area (TPSA) is 91.9 Å². The van der Waals surface area contributed by atoms with Gasteiger partial charge in [-0.1, -0.05) is 0 Å². The molecule has 2 atom stereocenters. The van der Waals surface area contributed by atoms with Crippen LogP contribution in [-0.4, -0.2) is 59.0 Å². The first-order valence-corrected chi connectivity index (χ1v) is 8.10. The summed E-state index contributed by atoms with van der Waals surface area (Å²) in [5.41, 5.74) is 0.457. The van der Waals surface area contributed by atoms with E-state index in [9.17, 15) is 22.8 Å². The number of carboxylic acids is 1. The van der Waals surface area contributed by atoms with E-state index in [1.807, 2.05) is 0 Å². The number of hydrogen-bond acceptors (Lipinski definition) is 4. The van der Waals surface area contributed by atoms with E-state index in [4.69, 9.17) is 9.84 Å². The molecule has 0 spiro atoms. The number of aliphatic carboxylic acids is 1. The molecule has 2 unspecified atom stereocenters. The molecule has 2 aromatic rings. The number of carbonyl (C=O) groups excluding carboxylic acids is 1. The number of nitrogens with one attached hydrogen (secondary N) is 1. The predicted octanol–water partition coefficient (Wildman–Crippen LogP) is 2.77. The van der Waals surface area contributed by atoms with Crippen molar-refractivity contribution in [2.75, 3.05) is 13.7 Å². The van der Waals surface area contributed by atoms with E-state index >= 15 is 0 Å². The number of likely N-dealkylation sites (tertiary alicyclic amines) is 1. The van der Waals surface area contributed by atoms with Crippen molar-refractivity contribution in [1.29, 1.82) is 0 Å². The van der Waals surface area contributed by atoms with Gasteiger partial charge in [-0.3, -0.25) is 9.59 Å². The van der Waals surface area contributed by atoms with Crippen LogP contribution in [0.25, 0.3) is 10.9 Å². The lowest BCUT2D eigenvalue weighted by molar-refractivity contribution is -0.274. The molecule has 1 aliphatic rings. The lowest BCUT2D eigenvalue weighted by Crippen LogP contribution is -2.37. The number of alkyl halides is 3. The average molecular weight is 386 g/mol. The summed E-state index contributed by atoms with van der Waals surface area (Å²) in [6.07, 6.45) is -4.89. The second-order valence-electron chi connectivity index (χ2n) is 6.28. The van der Waals surface area contributed by atoms with E-state index in [1.165, 1.54) is 24.1 Å². The Morgan fingerprint density at radius 1 is 1.33 bits per heavy atom. The van der Waals surface area contributed by atoms with Gasteiger partial charge in [0.1, 0.15) is 11.4 Å². The molecule has 1 saturated heterocycles. The Kier molecular flexibility index (Phi) is 5.01. The molecule has 2 heterocycles. The Hall–Kier alpha value is -2.75. The second kappa shape index (κ2) is 7.10. The number of aromatic nitrogens is 1. The lowest BCUT2D eigenvalue weighted by Gasteiger charge is -2.22. The van der Waals surface area contributed by atoms with Gasteiger partial charge >= 0.3 is 12.3 Å². The van der Waals surface area contributed by atoms with Crippen LogP contribution >= 0.6 is 0 Å². The Morgan fingerprint density at radius 2 is 2.07 bits per heavy atom. The van der Waals surface area contributed by atoms with Crippen molar-refractivity contribution in [1.82, 2.24) is 9.88 Å². The van der Waals surface area contributed by atoms with Crippen LogP contribution in [0.4, 0.5) is 13.2 Å². The van der Waals surface area contributed by atoms with Gasteiger partial charge < -0.3 is 24.5 Å². The number of carboxylic acid groups (broad SMARTS) is 1. The first kappa shape index (κ1) is 19.0. The third-order valence-corrected chi connectivity index (χ3v) is 4.44. The van der Waals surface area contributed by atoms with Gasteiger partial charge in [0, 0.05) is 36.7 Å². The highest BCUT2D eigenvalue weighted by atomic mass is 19.4. The lowest BCUT2D eigenvalue weighted by atomic mass is 10.1. The smallest absolute Gasteiger partial charge is 0.481 e. The molecule has 10 heteroatoms. The zero-order valence-electron chi connectivity index (χ0n) is 14.2. The largest absolute Gasteiger partial charge is 0.573 e. The molecule has 0 radical (unpaired) electrons.